The Kier molecular flexibility index (Phi) is 5.61. The summed E-state index contributed by atoms with van der Waals surface area (Å²) in [5.41, 5.74) is 5.57. The monoisotopic (exact) mass is 245 g/mol. The zero-order chi connectivity index (χ0) is 13.7. The van der Waals surface area contributed by atoms with Crippen molar-refractivity contribution < 1.29 is 0 Å². The lowest BCUT2D eigenvalue weighted by molar-refractivity contribution is 0.593. The summed E-state index contributed by atoms with van der Waals surface area (Å²) in [5.74, 6) is 0.580. The number of benzene rings is 1. The SMILES string of the molecule is Cc1cccc(C=C(CNC(C)C)C(C)C)c1C. The predicted octanol–water partition coefficient (Wildman–Crippen LogP) is 4.34. The maximum absolute atomic E-state index is 3.51. The lowest BCUT2D eigenvalue weighted by Crippen LogP contribution is -2.26. The second kappa shape index (κ2) is 6.75. The van der Waals surface area contributed by atoms with Gasteiger partial charge in [0.05, 0.1) is 0 Å². The summed E-state index contributed by atoms with van der Waals surface area (Å²) in [6, 6.07) is 7.06. The summed E-state index contributed by atoms with van der Waals surface area (Å²) in [6.07, 6.45) is 2.35. The minimum absolute atomic E-state index is 0.533. The first-order valence-corrected chi connectivity index (χ1v) is 6.92. The van der Waals surface area contributed by atoms with E-state index in [1.54, 1.807) is 0 Å². The molecule has 1 nitrogen and oxygen atoms in total. The zero-order valence-corrected chi connectivity index (χ0v) is 12.7. The minimum atomic E-state index is 0.533. The van der Waals surface area contributed by atoms with Crippen LogP contribution in [0.1, 0.15) is 44.4 Å². The fourth-order valence-corrected chi connectivity index (χ4v) is 1.87. The molecule has 1 N–H and O–H groups in total. The molecule has 1 aromatic carbocycles. The van der Waals surface area contributed by atoms with Gasteiger partial charge in [0, 0.05) is 12.6 Å². The van der Waals surface area contributed by atoms with Crippen LogP contribution in [0.4, 0.5) is 0 Å². The molecule has 0 aromatic heterocycles. The van der Waals surface area contributed by atoms with Crippen LogP contribution in [0.5, 0.6) is 0 Å². The van der Waals surface area contributed by atoms with Gasteiger partial charge in [-0.3, -0.25) is 0 Å². The maximum Gasteiger partial charge on any atom is 0.0172 e. The van der Waals surface area contributed by atoms with E-state index in [1.165, 1.54) is 22.3 Å². The Morgan fingerprint density at radius 1 is 1.17 bits per heavy atom. The Labute approximate surface area is 112 Å². The van der Waals surface area contributed by atoms with Crippen molar-refractivity contribution in [1.29, 1.82) is 0 Å². The molecule has 0 radical (unpaired) electrons. The molecule has 0 aliphatic rings. The van der Waals surface area contributed by atoms with Crippen LogP contribution in [0, 0.1) is 19.8 Å². The Morgan fingerprint density at radius 2 is 1.83 bits per heavy atom. The van der Waals surface area contributed by atoms with E-state index < -0.39 is 0 Å². The largest absolute Gasteiger partial charge is 0.311 e. The molecule has 0 spiro atoms. The molecule has 0 atom stereocenters. The number of hydrogen-bond acceptors (Lipinski definition) is 1. The summed E-state index contributed by atoms with van der Waals surface area (Å²) < 4.78 is 0. The third kappa shape index (κ3) is 4.30. The van der Waals surface area contributed by atoms with Gasteiger partial charge in [-0.05, 0) is 36.5 Å². The van der Waals surface area contributed by atoms with Crippen molar-refractivity contribution in [3.8, 4) is 0 Å². The average molecular weight is 245 g/mol. The fraction of sp³-hybridized carbons (Fsp3) is 0.529. The van der Waals surface area contributed by atoms with Crippen LogP contribution in [0.3, 0.4) is 0 Å². The molecule has 0 aliphatic carbocycles. The lowest BCUT2D eigenvalue weighted by Gasteiger charge is -2.16. The summed E-state index contributed by atoms with van der Waals surface area (Å²) in [6.45, 7) is 14.3. The Morgan fingerprint density at radius 3 is 2.39 bits per heavy atom. The molecule has 0 fully saturated rings. The first kappa shape index (κ1) is 15.0. The van der Waals surface area contributed by atoms with Crippen molar-refractivity contribution in [2.45, 2.75) is 47.6 Å². The molecule has 0 saturated heterocycles. The topological polar surface area (TPSA) is 12.0 Å². The van der Waals surface area contributed by atoms with Crippen molar-refractivity contribution >= 4 is 6.08 Å². The van der Waals surface area contributed by atoms with Gasteiger partial charge in [-0.2, -0.15) is 0 Å². The fourth-order valence-electron chi connectivity index (χ4n) is 1.87. The van der Waals surface area contributed by atoms with E-state index in [1.807, 2.05) is 0 Å². The first-order chi connectivity index (χ1) is 8.41. The maximum atomic E-state index is 3.51. The minimum Gasteiger partial charge on any atom is -0.311 e. The van der Waals surface area contributed by atoms with Gasteiger partial charge < -0.3 is 5.32 Å². The molecule has 0 heterocycles. The van der Waals surface area contributed by atoms with Crippen LogP contribution in [-0.2, 0) is 0 Å². The van der Waals surface area contributed by atoms with Crippen LogP contribution >= 0.6 is 0 Å². The van der Waals surface area contributed by atoms with E-state index in [9.17, 15) is 0 Å². The molecule has 0 unspecified atom stereocenters. The standard InChI is InChI=1S/C17H27N/c1-12(2)17(11-18-13(3)4)10-16-9-7-8-14(5)15(16)6/h7-10,12-13,18H,11H2,1-6H3. The summed E-state index contributed by atoms with van der Waals surface area (Å²) in [5, 5.41) is 3.51. The Balaban J connectivity index is 2.97. The number of rotatable bonds is 5. The summed E-state index contributed by atoms with van der Waals surface area (Å²) in [4.78, 5) is 0. The van der Waals surface area contributed by atoms with Crippen molar-refractivity contribution in [1.82, 2.24) is 5.32 Å². The highest BCUT2D eigenvalue weighted by Gasteiger charge is 2.06. The lowest BCUT2D eigenvalue weighted by atomic mass is 9.96. The van der Waals surface area contributed by atoms with Crippen molar-refractivity contribution in [2.75, 3.05) is 6.54 Å². The van der Waals surface area contributed by atoms with Gasteiger partial charge in [0.15, 0.2) is 0 Å². The summed E-state index contributed by atoms with van der Waals surface area (Å²) >= 11 is 0. The number of hydrogen-bond donors (Lipinski definition) is 1. The van der Waals surface area contributed by atoms with Gasteiger partial charge in [0.2, 0.25) is 0 Å². The highest BCUT2D eigenvalue weighted by Crippen LogP contribution is 2.19. The van der Waals surface area contributed by atoms with Crippen LogP contribution in [0.25, 0.3) is 6.08 Å². The van der Waals surface area contributed by atoms with Gasteiger partial charge in [0.1, 0.15) is 0 Å². The smallest absolute Gasteiger partial charge is 0.0172 e. The van der Waals surface area contributed by atoms with Gasteiger partial charge in [0.25, 0.3) is 0 Å². The molecule has 1 rings (SSSR count). The van der Waals surface area contributed by atoms with Crippen LogP contribution in [0.15, 0.2) is 23.8 Å². The highest BCUT2D eigenvalue weighted by molar-refractivity contribution is 5.58. The molecular formula is C17H27N. The predicted molar refractivity (Wildman–Crippen MR) is 81.9 cm³/mol. The van der Waals surface area contributed by atoms with Crippen molar-refractivity contribution in [2.24, 2.45) is 5.92 Å². The van der Waals surface area contributed by atoms with Crippen molar-refractivity contribution in [3.63, 3.8) is 0 Å². The number of nitrogens with one attached hydrogen (secondary N) is 1. The van der Waals surface area contributed by atoms with Crippen LogP contribution in [0.2, 0.25) is 0 Å². The molecule has 0 aliphatic heterocycles. The van der Waals surface area contributed by atoms with E-state index in [4.69, 9.17) is 0 Å². The van der Waals surface area contributed by atoms with Gasteiger partial charge in [-0.15, -0.1) is 0 Å². The van der Waals surface area contributed by atoms with Gasteiger partial charge >= 0.3 is 0 Å². The first-order valence-electron chi connectivity index (χ1n) is 6.92. The molecule has 18 heavy (non-hydrogen) atoms. The zero-order valence-electron chi connectivity index (χ0n) is 12.7. The van der Waals surface area contributed by atoms with E-state index in [-0.39, 0.29) is 0 Å². The number of aryl methyl sites for hydroxylation is 1. The average Bonchev–Trinajstić information content (AvgIpc) is 2.29. The molecular weight excluding hydrogens is 218 g/mol. The third-order valence-electron chi connectivity index (χ3n) is 3.44. The van der Waals surface area contributed by atoms with E-state index >= 15 is 0 Å². The van der Waals surface area contributed by atoms with Crippen LogP contribution < -0.4 is 5.32 Å². The normalized spacial score (nSPS) is 12.6. The quantitative estimate of drug-likeness (QED) is 0.813. The Hall–Kier alpha value is -1.08. The molecule has 100 valence electrons. The van der Waals surface area contributed by atoms with Gasteiger partial charge in [-0.1, -0.05) is 57.5 Å². The molecule has 1 aromatic rings. The molecule has 0 bridgehead atoms. The molecule has 0 saturated carbocycles. The van der Waals surface area contributed by atoms with E-state index in [0.717, 1.165) is 6.54 Å². The van der Waals surface area contributed by atoms with Crippen molar-refractivity contribution in [3.05, 3.63) is 40.5 Å². The third-order valence-corrected chi connectivity index (χ3v) is 3.44. The molecule has 0 amide bonds. The second-order valence-corrected chi connectivity index (χ2v) is 5.70. The van der Waals surface area contributed by atoms with E-state index in [2.05, 4.69) is 71.1 Å². The Bertz CT molecular complexity index is 414. The molecule has 1 heteroatoms. The highest BCUT2D eigenvalue weighted by atomic mass is 14.9. The van der Waals surface area contributed by atoms with E-state index in [0.29, 0.717) is 12.0 Å². The van der Waals surface area contributed by atoms with Crippen LogP contribution in [-0.4, -0.2) is 12.6 Å². The summed E-state index contributed by atoms with van der Waals surface area (Å²) in [7, 11) is 0. The second-order valence-electron chi connectivity index (χ2n) is 5.70. The van der Waals surface area contributed by atoms with Gasteiger partial charge in [-0.25, -0.2) is 0 Å².